The summed E-state index contributed by atoms with van der Waals surface area (Å²) in [6.07, 6.45) is -0.732. The number of hydrogen-bond acceptors (Lipinski definition) is 0. The highest BCUT2D eigenvalue weighted by Gasteiger charge is 2.51. The normalized spacial score (nSPS) is 13.7. The first-order valence-corrected chi connectivity index (χ1v) is 11.1. The summed E-state index contributed by atoms with van der Waals surface area (Å²) >= 11 is 0. The highest BCUT2D eigenvalue weighted by molar-refractivity contribution is 5.73. The zero-order valence-electron chi connectivity index (χ0n) is 18.6. The first kappa shape index (κ1) is 23.1. The van der Waals surface area contributed by atoms with Crippen LogP contribution in [0.1, 0.15) is 57.1 Å². The molecule has 1 atom stereocenters. The van der Waals surface area contributed by atoms with Gasteiger partial charge in [0.2, 0.25) is 0 Å². The number of rotatable bonds is 8. The maximum Gasteiger partial charge on any atom is 0.398 e. The molecule has 0 heterocycles. The van der Waals surface area contributed by atoms with E-state index in [1.807, 2.05) is 24.3 Å². The molecule has 3 aromatic carbocycles. The summed E-state index contributed by atoms with van der Waals surface area (Å²) in [5.41, 5.74) is 3.88. The van der Waals surface area contributed by atoms with Crippen LogP contribution in [0.3, 0.4) is 0 Å². The minimum Gasteiger partial charge on any atom is -0.170 e. The van der Waals surface area contributed by atoms with Crippen LogP contribution in [-0.4, -0.2) is 6.18 Å². The predicted octanol–water partition coefficient (Wildman–Crippen LogP) is 9.12. The zero-order valence-corrected chi connectivity index (χ0v) is 18.6. The van der Waals surface area contributed by atoms with Gasteiger partial charge in [0.1, 0.15) is 0 Å². The molecule has 0 nitrogen and oxygen atoms in total. The fourth-order valence-electron chi connectivity index (χ4n) is 4.01. The number of unbranched alkanes of at least 4 members (excludes halogenated alkanes) is 3. The van der Waals surface area contributed by atoms with E-state index in [1.54, 1.807) is 12.1 Å². The molecule has 0 bridgehead atoms. The van der Waals surface area contributed by atoms with Crippen molar-refractivity contribution < 1.29 is 13.2 Å². The molecule has 0 saturated carbocycles. The van der Waals surface area contributed by atoms with Crippen molar-refractivity contribution in [2.45, 2.75) is 64.5 Å². The summed E-state index contributed by atoms with van der Waals surface area (Å²) in [5.74, 6) is 0. The van der Waals surface area contributed by atoms with Crippen LogP contribution in [0, 0.1) is 6.92 Å². The fraction of sp³-hybridized carbons (Fsp3) is 0.357. The van der Waals surface area contributed by atoms with E-state index in [0.29, 0.717) is 12.0 Å². The summed E-state index contributed by atoms with van der Waals surface area (Å²) in [6.45, 7) is 5.46. The van der Waals surface area contributed by atoms with E-state index in [0.717, 1.165) is 41.5 Å². The summed E-state index contributed by atoms with van der Waals surface area (Å²) < 4.78 is 42.0. The average Bonchev–Trinajstić information content (AvgIpc) is 2.76. The summed E-state index contributed by atoms with van der Waals surface area (Å²) in [4.78, 5) is 0. The van der Waals surface area contributed by atoms with Crippen molar-refractivity contribution in [3.05, 3.63) is 83.9 Å². The number of alkyl halides is 3. The van der Waals surface area contributed by atoms with Crippen LogP contribution < -0.4 is 0 Å². The maximum absolute atomic E-state index is 14.0. The fourth-order valence-corrected chi connectivity index (χ4v) is 4.01. The molecule has 0 aliphatic rings. The third kappa shape index (κ3) is 5.39. The number of benzene rings is 3. The lowest BCUT2D eigenvalue weighted by molar-refractivity contribution is -0.188. The highest BCUT2D eigenvalue weighted by Crippen LogP contribution is 2.45. The summed E-state index contributed by atoms with van der Waals surface area (Å²) in [7, 11) is 0. The minimum atomic E-state index is -4.27. The maximum atomic E-state index is 14.0. The molecular formula is C28H31F3. The lowest BCUT2D eigenvalue weighted by Gasteiger charge is -2.33. The second kappa shape index (κ2) is 9.72. The van der Waals surface area contributed by atoms with E-state index in [1.165, 1.54) is 12.5 Å². The topological polar surface area (TPSA) is 0 Å². The Labute approximate surface area is 184 Å². The molecule has 0 fully saturated rings. The molecule has 3 heteroatoms. The second-order valence-corrected chi connectivity index (χ2v) is 8.66. The smallest absolute Gasteiger partial charge is 0.170 e. The predicted molar refractivity (Wildman–Crippen MR) is 124 cm³/mol. The molecular weight excluding hydrogens is 393 g/mol. The SMILES string of the molecule is CCCCCCC(C)(c1ccc(-c2cccc(-c3ccc(C)cc3)c2)cc1)C(F)(F)F. The Kier molecular flexibility index (Phi) is 7.25. The van der Waals surface area contributed by atoms with Crippen molar-refractivity contribution >= 4 is 0 Å². The molecule has 0 amide bonds. The van der Waals surface area contributed by atoms with Crippen LogP contribution in [0.25, 0.3) is 22.3 Å². The molecule has 0 radical (unpaired) electrons. The molecule has 0 aliphatic carbocycles. The standard InChI is InChI=1S/C28H31F3/c1-4-5-6-7-19-27(3,28(29,30)31)26-17-15-23(16-18-26)25-10-8-9-24(20-25)22-13-11-21(2)12-14-22/h8-18,20H,4-7,19H2,1-3H3. The largest absolute Gasteiger partial charge is 0.398 e. The van der Waals surface area contributed by atoms with Crippen molar-refractivity contribution in [3.8, 4) is 22.3 Å². The van der Waals surface area contributed by atoms with Gasteiger partial charge < -0.3 is 0 Å². The van der Waals surface area contributed by atoms with Crippen molar-refractivity contribution in [1.29, 1.82) is 0 Å². The molecule has 0 spiro atoms. The van der Waals surface area contributed by atoms with E-state index in [-0.39, 0.29) is 6.42 Å². The van der Waals surface area contributed by atoms with Gasteiger partial charge in [0.15, 0.2) is 0 Å². The average molecular weight is 425 g/mol. The first-order chi connectivity index (χ1) is 14.7. The van der Waals surface area contributed by atoms with Crippen LogP contribution in [0.15, 0.2) is 72.8 Å². The first-order valence-electron chi connectivity index (χ1n) is 11.1. The van der Waals surface area contributed by atoms with Crippen LogP contribution >= 0.6 is 0 Å². The third-order valence-electron chi connectivity index (χ3n) is 6.26. The van der Waals surface area contributed by atoms with Gasteiger partial charge in [0.05, 0.1) is 5.41 Å². The molecule has 0 saturated heterocycles. The van der Waals surface area contributed by atoms with Gasteiger partial charge in [-0.2, -0.15) is 13.2 Å². The van der Waals surface area contributed by atoms with Gasteiger partial charge in [-0.1, -0.05) is 105 Å². The van der Waals surface area contributed by atoms with Gasteiger partial charge in [-0.05, 0) is 54.2 Å². The van der Waals surface area contributed by atoms with E-state index >= 15 is 0 Å². The molecule has 3 rings (SSSR count). The van der Waals surface area contributed by atoms with Gasteiger partial charge in [0, 0.05) is 0 Å². The van der Waals surface area contributed by atoms with Crippen LogP contribution in [0.2, 0.25) is 0 Å². The summed E-state index contributed by atoms with van der Waals surface area (Å²) in [6, 6.07) is 23.4. The monoisotopic (exact) mass is 424 g/mol. The zero-order chi connectivity index (χ0) is 22.5. The number of halogens is 3. The lowest BCUT2D eigenvalue weighted by Crippen LogP contribution is -2.39. The molecule has 0 aromatic heterocycles. The Morgan fingerprint density at radius 3 is 1.74 bits per heavy atom. The van der Waals surface area contributed by atoms with Gasteiger partial charge in [-0.25, -0.2) is 0 Å². The van der Waals surface area contributed by atoms with Crippen molar-refractivity contribution in [2.75, 3.05) is 0 Å². The Morgan fingerprint density at radius 2 is 1.23 bits per heavy atom. The number of aryl methyl sites for hydroxylation is 1. The van der Waals surface area contributed by atoms with E-state index < -0.39 is 11.6 Å². The molecule has 0 aliphatic heterocycles. The molecule has 164 valence electrons. The Bertz CT molecular complexity index is 968. The van der Waals surface area contributed by atoms with Crippen molar-refractivity contribution in [1.82, 2.24) is 0 Å². The third-order valence-corrected chi connectivity index (χ3v) is 6.26. The Balaban J connectivity index is 1.86. The number of hydrogen-bond donors (Lipinski definition) is 0. The van der Waals surface area contributed by atoms with E-state index in [2.05, 4.69) is 50.2 Å². The lowest BCUT2D eigenvalue weighted by atomic mass is 9.77. The van der Waals surface area contributed by atoms with Gasteiger partial charge in [0.25, 0.3) is 0 Å². The Hall–Kier alpha value is -2.55. The molecule has 0 N–H and O–H groups in total. The molecule has 3 aromatic rings. The van der Waals surface area contributed by atoms with Crippen LogP contribution in [-0.2, 0) is 5.41 Å². The highest BCUT2D eigenvalue weighted by atomic mass is 19.4. The van der Waals surface area contributed by atoms with Crippen LogP contribution in [0.5, 0.6) is 0 Å². The molecule has 31 heavy (non-hydrogen) atoms. The minimum absolute atomic E-state index is 0.124. The Morgan fingerprint density at radius 1 is 0.677 bits per heavy atom. The molecule has 1 unspecified atom stereocenters. The van der Waals surface area contributed by atoms with Gasteiger partial charge in [-0.15, -0.1) is 0 Å². The second-order valence-electron chi connectivity index (χ2n) is 8.66. The quantitative estimate of drug-likeness (QED) is 0.316. The van der Waals surface area contributed by atoms with Gasteiger partial charge >= 0.3 is 6.18 Å². The van der Waals surface area contributed by atoms with Crippen molar-refractivity contribution in [2.24, 2.45) is 0 Å². The van der Waals surface area contributed by atoms with Crippen LogP contribution in [0.4, 0.5) is 13.2 Å². The van der Waals surface area contributed by atoms with Gasteiger partial charge in [-0.3, -0.25) is 0 Å². The van der Waals surface area contributed by atoms with E-state index in [9.17, 15) is 13.2 Å². The van der Waals surface area contributed by atoms with E-state index in [4.69, 9.17) is 0 Å². The van der Waals surface area contributed by atoms with Crippen molar-refractivity contribution in [3.63, 3.8) is 0 Å². The summed E-state index contributed by atoms with van der Waals surface area (Å²) in [5, 5.41) is 0.